The summed E-state index contributed by atoms with van der Waals surface area (Å²) in [5, 5.41) is 19.5. The molecule has 3 aromatic rings. The van der Waals surface area contributed by atoms with E-state index in [-0.39, 0.29) is 35.1 Å². The maximum Gasteiger partial charge on any atom is 0.270 e. The SMILES string of the molecule is Cc1ccc(C(C)C)c(OCc2nc(C(=O)NC3CCC(NC(=O)c4cccc([N+](=O)[O-])c4)CC3)cs2)c1. The fourth-order valence-electron chi connectivity index (χ4n) is 4.54. The highest BCUT2D eigenvalue weighted by molar-refractivity contribution is 7.09. The molecule has 1 heterocycles. The van der Waals surface area contributed by atoms with Gasteiger partial charge in [-0.2, -0.15) is 0 Å². The van der Waals surface area contributed by atoms with Crippen molar-refractivity contribution in [2.75, 3.05) is 0 Å². The number of nitrogens with zero attached hydrogens (tertiary/aromatic N) is 2. The molecule has 0 saturated heterocycles. The second-order valence-electron chi connectivity index (χ2n) is 9.91. The molecule has 10 heteroatoms. The summed E-state index contributed by atoms with van der Waals surface area (Å²) < 4.78 is 6.05. The van der Waals surface area contributed by atoms with E-state index in [2.05, 4.69) is 41.6 Å². The number of aryl methyl sites for hydroxylation is 1. The second kappa shape index (κ2) is 12.2. The van der Waals surface area contributed by atoms with Crippen molar-refractivity contribution in [3.8, 4) is 5.75 Å². The molecule has 9 nitrogen and oxygen atoms in total. The van der Waals surface area contributed by atoms with E-state index in [1.807, 2.05) is 13.0 Å². The minimum absolute atomic E-state index is 0.00393. The molecule has 1 aliphatic rings. The van der Waals surface area contributed by atoms with Crippen LogP contribution in [0.15, 0.2) is 47.8 Å². The van der Waals surface area contributed by atoms with Crippen molar-refractivity contribution in [2.45, 2.75) is 71.1 Å². The van der Waals surface area contributed by atoms with Crippen LogP contribution >= 0.6 is 11.3 Å². The first-order valence-corrected chi connectivity index (χ1v) is 13.6. The van der Waals surface area contributed by atoms with Gasteiger partial charge in [-0.3, -0.25) is 19.7 Å². The first kappa shape index (κ1) is 27.3. The van der Waals surface area contributed by atoms with E-state index in [9.17, 15) is 19.7 Å². The van der Waals surface area contributed by atoms with Crippen molar-refractivity contribution in [1.82, 2.24) is 15.6 Å². The van der Waals surface area contributed by atoms with Crippen LogP contribution in [0.1, 0.15) is 82.4 Å². The average molecular weight is 537 g/mol. The first-order valence-electron chi connectivity index (χ1n) is 12.7. The molecule has 0 bridgehead atoms. The van der Waals surface area contributed by atoms with E-state index in [4.69, 9.17) is 4.74 Å². The number of nitrogens with one attached hydrogen (secondary N) is 2. The van der Waals surface area contributed by atoms with E-state index < -0.39 is 4.92 Å². The Morgan fingerprint density at radius 3 is 2.42 bits per heavy atom. The van der Waals surface area contributed by atoms with Gasteiger partial charge in [-0.1, -0.05) is 32.0 Å². The fourth-order valence-corrected chi connectivity index (χ4v) is 5.22. The Hall–Kier alpha value is -3.79. The van der Waals surface area contributed by atoms with Gasteiger partial charge in [0.2, 0.25) is 0 Å². The standard InChI is InChI=1S/C28H32N4O5S/c1-17(2)23-12-7-18(3)13-25(23)37-15-26-31-24(16-38-26)28(34)30-21-10-8-20(9-11-21)29-27(33)19-5-4-6-22(14-19)32(35)36/h4-7,12-14,16-17,20-21H,8-11,15H2,1-3H3,(H,29,33)(H,30,34). The van der Waals surface area contributed by atoms with Gasteiger partial charge >= 0.3 is 0 Å². The van der Waals surface area contributed by atoms with E-state index in [1.165, 1.54) is 29.5 Å². The van der Waals surface area contributed by atoms with Crippen LogP contribution in [0.2, 0.25) is 0 Å². The number of amides is 2. The number of nitro benzene ring substituents is 1. The van der Waals surface area contributed by atoms with E-state index in [1.54, 1.807) is 11.4 Å². The molecule has 4 rings (SSSR count). The largest absolute Gasteiger partial charge is 0.486 e. The van der Waals surface area contributed by atoms with Gasteiger partial charge in [0.1, 0.15) is 23.1 Å². The van der Waals surface area contributed by atoms with Gasteiger partial charge in [0.15, 0.2) is 0 Å². The summed E-state index contributed by atoms with van der Waals surface area (Å²) in [6, 6.07) is 11.8. The number of benzene rings is 2. The number of ether oxygens (including phenoxy) is 1. The zero-order valence-corrected chi connectivity index (χ0v) is 22.5. The van der Waals surface area contributed by atoms with Gasteiger partial charge in [-0.25, -0.2) is 4.98 Å². The molecule has 1 aliphatic carbocycles. The number of nitro groups is 1. The van der Waals surface area contributed by atoms with Gasteiger partial charge in [-0.05, 0) is 61.8 Å². The zero-order valence-electron chi connectivity index (χ0n) is 21.7. The van der Waals surface area contributed by atoms with Crippen LogP contribution in [0.5, 0.6) is 5.75 Å². The van der Waals surface area contributed by atoms with Crippen molar-refractivity contribution < 1.29 is 19.2 Å². The highest BCUT2D eigenvalue weighted by atomic mass is 32.1. The van der Waals surface area contributed by atoms with Gasteiger partial charge in [-0.15, -0.1) is 11.3 Å². The molecule has 0 spiro atoms. The molecule has 2 N–H and O–H groups in total. The third-order valence-corrected chi connectivity index (χ3v) is 7.47. The summed E-state index contributed by atoms with van der Waals surface area (Å²) in [7, 11) is 0. The molecule has 2 aromatic carbocycles. The van der Waals surface area contributed by atoms with Gasteiger partial charge in [0.05, 0.1) is 4.92 Å². The number of hydrogen-bond acceptors (Lipinski definition) is 7. The predicted molar refractivity (Wildman–Crippen MR) is 146 cm³/mol. The Morgan fingerprint density at radius 2 is 1.76 bits per heavy atom. The molecule has 2 amide bonds. The third-order valence-electron chi connectivity index (χ3n) is 6.64. The van der Waals surface area contributed by atoms with Crippen LogP contribution in [0.3, 0.4) is 0 Å². The van der Waals surface area contributed by atoms with Crippen molar-refractivity contribution in [1.29, 1.82) is 0 Å². The normalized spacial score (nSPS) is 17.2. The van der Waals surface area contributed by atoms with Crippen LogP contribution in [-0.4, -0.2) is 33.8 Å². The Balaban J connectivity index is 1.25. The molecular formula is C28H32N4O5S. The smallest absolute Gasteiger partial charge is 0.270 e. The zero-order chi connectivity index (χ0) is 27.2. The molecule has 1 saturated carbocycles. The molecule has 0 unspecified atom stereocenters. The first-order chi connectivity index (χ1) is 18.2. The maximum absolute atomic E-state index is 12.8. The molecule has 1 fully saturated rings. The summed E-state index contributed by atoms with van der Waals surface area (Å²) in [6.07, 6.45) is 2.85. The quantitative estimate of drug-likeness (QED) is 0.274. The summed E-state index contributed by atoms with van der Waals surface area (Å²) in [5.74, 6) is 0.640. The fraction of sp³-hybridized carbons (Fsp3) is 0.393. The Morgan fingerprint density at radius 1 is 1.08 bits per heavy atom. The van der Waals surface area contributed by atoms with Crippen molar-refractivity contribution >= 4 is 28.8 Å². The number of thiazole rings is 1. The van der Waals surface area contributed by atoms with Crippen molar-refractivity contribution in [2.24, 2.45) is 0 Å². The molecule has 0 atom stereocenters. The minimum Gasteiger partial charge on any atom is -0.486 e. The van der Waals surface area contributed by atoms with Crippen LogP contribution in [-0.2, 0) is 6.61 Å². The van der Waals surface area contributed by atoms with Crippen LogP contribution < -0.4 is 15.4 Å². The number of rotatable bonds is 9. The Kier molecular flexibility index (Phi) is 8.73. The molecule has 200 valence electrons. The lowest BCUT2D eigenvalue weighted by Crippen LogP contribution is -2.43. The number of aromatic nitrogens is 1. The predicted octanol–water partition coefficient (Wildman–Crippen LogP) is 5.53. The Bertz CT molecular complexity index is 1310. The van der Waals surface area contributed by atoms with Crippen LogP contribution in [0.4, 0.5) is 5.69 Å². The number of carbonyl (C=O) groups is 2. The highest BCUT2D eigenvalue weighted by Gasteiger charge is 2.25. The molecule has 1 aromatic heterocycles. The van der Waals surface area contributed by atoms with E-state index >= 15 is 0 Å². The van der Waals surface area contributed by atoms with Crippen LogP contribution in [0, 0.1) is 17.0 Å². The van der Waals surface area contributed by atoms with Crippen molar-refractivity contribution in [3.05, 3.63) is 85.4 Å². The van der Waals surface area contributed by atoms with E-state index in [0.29, 0.717) is 31.1 Å². The Labute approximate surface area is 225 Å². The molecule has 0 radical (unpaired) electrons. The van der Waals surface area contributed by atoms with E-state index in [0.717, 1.165) is 34.7 Å². The van der Waals surface area contributed by atoms with Crippen LogP contribution in [0.25, 0.3) is 0 Å². The second-order valence-corrected chi connectivity index (χ2v) is 10.9. The summed E-state index contributed by atoms with van der Waals surface area (Å²) in [6.45, 7) is 6.59. The lowest BCUT2D eigenvalue weighted by Gasteiger charge is -2.29. The molecule has 0 aliphatic heterocycles. The van der Waals surface area contributed by atoms with Crippen molar-refractivity contribution in [3.63, 3.8) is 0 Å². The number of non-ortho nitro benzene ring substituents is 1. The number of carbonyl (C=O) groups excluding carboxylic acids is 2. The number of hydrogen-bond donors (Lipinski definition) is 2. The third kappa shape index (κ3) is 6.95. The maximum atomic E-state index is 12.8. The average Bonchev–Trinajstić information content (AvgIpc) is 3.38. The lowest BCUT2D eigenvalue weighted by molar-refractivity contribution is -0.384. The molecule has 38 heavy (non-hydrogen) atoms. The monoisotopic (exact) mass is 536 g/mol. The van der Waals surface area contributed by atoms with Gasteiger partial charge in [0.25, 0.3) is 17.5 Å². The molecular weight excluding hydrogens is 504 g/mol. The summed E-state index contributed by atoms with van der Waals surface area (Å²) >= 11 is 1.40. The van der Waals surface area contributed by atoms with Gasteiger partial charge < -0.3 is 15.4 Å². The summed E-state index contributed by atoms with van der Waals surface area (Å²) in [5.41, 5.74) is 2.80. The van der Waals surface area contributed by atoms with Gasteiger partial charge in [0, 0.05) is 35.2 Å². The lowest BCUT2D eigenvalue weighted by atomic mass is 9.91. The minimum atomic E-state index is -0.518. The summed E-state index contributed by atoms with van der Waals surface area (Å²) in [4.78, 5) is 40.2. The highest BCUT2D eigenvalue weighted by Crippen LogP contribution is 2.28. The topological polar surface area (TPSA) is 123 Å².